The van der Waals surface area contributed by atoms with E-state index in [0.717, 1.165) is 43.2 Å². The molecule has 0 saturated carbocycles. The molecule has 150 valence electrons. The minimum Gasteiger partial charge on any atom is -0.347 e. The third kappa shape index (κ3) is 5.91. The van der Waals surface area contributed by atoms with Crippen LogP contribution in [-0.4, -0.2) is 39.9 Å². The number of H-pyrrole nitrogens is 1. The Morgan fingerprint density at radius 2 is 2.11 bits per heavy atom. The molecule has 1 aliphatic rings. The number of piperidine rings is 1. The Morgan fingerprint density at radius 3 is 2.82 bits per heavy atom. The van der Waals surface area contributed by atoms with Crippen LogP contribution < -0.4 is 11.0 Å². The molecule has 1 saturated heterocycles. The Bertz CT molecular complexity index is 863. The van der Waals surface area contributed by atoms with E-state index in [1.54, 1.807) is 6.07 Å². The van der Waals surface area contributed by atoms with E-state index in [4.69, 9.17) is 11.6 Å². The summed E-state index contributed by atoms with van der Waals surface area (Å²) < 4.78 is 0. The molecule has 2 aromatic rings. The van der Waals surface area contributed by atoms with Crippen LogP contribution in [0.4, 0.5) is 0 Å². The van der Waals surface area contributed by atoms with E-state index in [1.807, 2.05) is 24.3 Å². The molecular weight excluding hydrogens is 376 g/mol. The van der Waals surface area contributed by atoms with Crippen molar-refractivity contribution >= 4 is 17.5 Å². The predicted octanol–water partition coefficient (Wildman–Crippen LogP) is 3.02. The van der Waals surface area contributed by atoms with Crippen LogP contribution in [0, 0.1) is 5.92 Å². The Balaban J connectivity index is 1.61. The molecule has 1 amide bonds. The molecule has 1 aliphatic heterocycles. The van der Waals surface area contributed by atoms with Crippen LogP contribution in [0.1, 0.15) is 48.4 Å². The fraction of sp³-hybridized carbons (Fsp3) is 0.476. The molecule has 1 fully saturated rings. The first-order valence-electron chi connectivity index (χ1n) is 9.77. The summed E-state index contributed by atoms with van der Waals surface area (Å²) in [4.78, 5) is 33.3. The zero-order valence-electron chi connectivity index (χ0n) is 16.4. The molecule has 0 bridgehead atoms. The highest BCUT2D eigenvalue weighted by molar-refractivity contribution is 6.30. The van der Waals surface area contributed by atoms with Crippen LogP contribution in [-0.2, 0) is 13.0 Å². The van der Waals surface area contributed by atoms with E-state index < -0.39 is 5.69 Å². The molecule has 1 atom stereocenters. The summed E-state index contributed by atoms with van der Waals surface area (Å²) in [6.45, 7) is 6.73. The van der Waals surface area contributed by atoms with Gasteiger partial charge in [-0.3, -0.25) is 9.69 Å². The lowest BCUT2D eigenvalue weighted by Crippen LogP contribution is -2.47. The van der Waals surface area contributed by atoms with Crippen molar-refractivity contribution in [1.29, 1.82) is 0 Å². The normalized spacial score (nSPS) is 17.6. The number of likely N-dealkylation sites (tertiary alicyclic amines) is 1. The van der Waals surface area contributed by atoms with Crippen LogP contribution in [0.25, 0.3) is 0 Å². The van der Waals surface area contributed by atoms with E-state index in [1.165, 1.54) is 5.56 Å². The van der Waals surface area contributed by atoms with Gasteiger partial charge < -0.3 is 10.3 Å². The van der Waals surface area contributed by atoms with E-state index in [9.17, 15) is 9.59 Å². The molecule has 6 nitrogen and oxygen atoms in total. The molecular formula is C21H27ClN4O2. The van der Waals surface area contributed by atoms with Crippen molar-refractivity contribution < 1.29 is 4.79 Å². The lowest BCUT2D eigenvalue weighted by atomic mass is 10.0. The number of nitrogens with zero attached hydrogens (tertiary/aromatic N) is 2. The van der Waals surface area contributed by atoms with Crippen molar-refractivity contribution in [3.63, 3.8) is 0 Å². The van der Waals surface area contributed by atoms with Gasteiger partial charge in [-0.25, -0.2) is 4.79 Å². The largest absolute Gasteiger partial charge is 0.347 e. The van der Waals surface area contributed by atoms with Crippen LogP contribution in [0.3, 0.4) is 0 Å². The second kappa shape index (κ2) is 9.34. The maximum absolute atomic E-state index is 12.6. The average molecular weight is 403 g/mol. The summed E-state index contributed by atoms with van der Waals surface area (Å²) in [7, 11) is 0. The lowest BCUT2D eigenvalue weighted by molar-refractivity contribution is 0.0895. The van der Waals surface area contributed by atoms with Gasteiger partial charge in [0.2, 0.25) is 0 Å². The second-order valence-corrected chi connectivity index (χ2v) is 8.31. The molecule has 1 aromatic carbocycles. The summed E-state index contributed by atoms with van der Waals surface area (Å²) in [5, 5.41) is 3.78. The average Bonchev–Trinajstić information content (AvgIpc) is 2.63. The van der Waals surface area contributed by atoms with Gasteiger partial charge in [0.05, 0.1) is 0 Å². The number of carbonyl (C=O) groups is 1. The van der Waals surface area contributed by atoms with Gasteiger partial charge in [0.15, 0.2) is 0 Å². The topological polar surface area (TPSA) is 78.1 Å². The highest BCUT2D eigenvalue weighted by Crippen LogP contribution is 2.16. The summed E-state index contributed by atoms with van der Waals surface area (Å²) in [6, 6.07) is 9.58. The van der Waals surface area contributed by atoms with Gasteiger partial charge in [0, 0.05) is 29.8 Å². The SMILES string of the molecule is CC(C)Cc1cc(C(=O)N[C@H]2CCCN(Cc3ccc(Cl)cc3)C2)nc(=O)[nH]1. The van der Waals surface area contributed by atoms with Gasteiger partial charge in [0.1, 0.15) is 5.69 Å². The van der Waals surface area contributed by atoms with Crippen LogP contribution in [0.2, 0.25) is 5.02 Å². The number of hydrogen-bond donors (Lipinski definition) is 2. The fourth-order valence-electron chi connectivity index (χ4n) is 3.60. The monoisotopic (exact) mass is 402 g/mol. The van der Waals surface area contributed by atoms with Gasteiger partial charge in [-0.1, -0.05) is 37.6 Å². The number of hydrogen-bond acceptors (Lipinski definition) is 4. The molecule has 0 spiro atoms. The summed E-state index contributed by atoms with van der Waals surface area (Å²) in [6.07, 6.45) is 2.64. The maximum Gasteiger partial charge on any atom is 0.345 e. The van der Waals surface area contributed by atoms with Crippen LogP contribution >= 0.6 is 11.6 Å². The predicted molar refractivity (Wildman–Crippen MR) is 111 cm³/mol. The van der Waals surface area contributed by atoms with Crippen molar-refractivity contribution in [3.8, 4) is 0 Å². The first-order chi connectivity index (χ1) is 13.4. The van der Waals surface area contributed by atoms with Gasteiger partial charge in [-0.15, -0.1) is 0 Å². The number of halogens is 1. The second-order valence-electron chi connectivity index (χ2n) is 7.87. The Labute approximate surface area is 170 Å². The lowest BCUT2D eigenvalue weighted by Gasteiger charge is -2.33. The fourth-order valence-corrected chi connectivity index (χ4v) is 3.72. The van der Waals surface area contributed by atoms with Crippen molar-refractivity contribution in [3.05, 3.63) is 62.8 Å². The summed E-state index contributed by atoms with van der Waals surface area (Å²) in [5.74, 6) is 0.100. The number of amides is 1. The first kappa shape index (κ1) is 20.6. The number of benzene rings is 1. The van der Waals surface area contributed by atoms with Gasteiger partial charge in [-0.2, -0.15) is 4.98 Å². The smallest absolute Gasteiger partial charge is 0.345 e. The third-order valence-corrected chi connectivity index (χ3v) is 5.07. The van der Waals surface area contributed by atoms with E-state index in [-0.39, 0.29) is 17.6 Å². The standard InChI is InChI=1S/C21H27ClN4O2/c1-14(2)10-18-11-19(25-21(28)24-18)20(27)23-17-4-3-9-26(13-17)12-15-5-7-16(22)8-6-15/h5-8,11,14,17H,3-4,9-10,12-13H2,1-2H3,(H,23,27)(H,24,25,28)/t17-/m0/s1. The molecule has 3 rings (SSSR count). The molecule has 0 radical (unpaired) electrons. The molecule has 0 aliphatic carbocycles. The highest BCUT2D eigenvalue weighted by Gasteiger charge is 2.23. The molecule has 28 heavy (non-hydrogen) atoms. The minimum absolute atomic E-state index is 0.0446. The Morgan fingerprint density at radius 1 is 1.36 bits per heavy atom. The van der Waals surface area contributed by atoms with Crippen molar-refractivity contribution in [2.45, 2.75) is 45.7 Å². The number of carbonyl (C=O) groups excluding carboxylic acids is 1. The zero-order valence-corrected chi connectivity index (χ0v) is 17.1. The summed E-state index contributed by atoms with van der Waals surface area (Å²) >= 11 is 5.95. The van der Waals surface area contributed by atoms with E-state index >= 15 is 0 Å². The van der Waals surface area contributed by atoms with E-state index in [0.29, 0.717) is 12.3 Å². The molecule has 1 aromatic heterocycles. The minimum atomic E-state index is -0.476. The van der Waals surface area contributed by atoms with Gasteiger partial charge >= 0.3 is 5.69 Å². The van der Waals surface area contributed by atoms with Crippen LogP contribution in [0.5, 0.6) is 0 Å². The molecule has 7 heteroatoms. The van der Waals surface area contributed by atoms with Crippen molar-refractivity contribution in [2.24, 2.45) is 5.92 Å². The molecule has 2 N–H and O–H groups in total. The molecule has 0 unspecified atom stereocenters. The van der Waals surface area contributed by atoms with E-state index in [2.05, 4.69) is 34.0 Å². The number of nitrogens with one attached hydrogen (secondary N) is 2. The summed E-state index contributed by atoms with van der Waals surface area (Å²) in [5.41, 5.74) is 1.66. The number of rotatable bonds is 6. The third-order valence-electron chi connectivity index (χ3n) is 4.82. The quantitative estimate of drug-likeness (QED) is 0.778. The first-order valence-corrected chi connectivity index (χ1v) is 10.1. The zero-order chi connectivity index (χ0) is 20.1. The number of aromatic amines is 1. The maximum atomic E-state index is 12.6. The highest BCUT2D eigenvalue weighted by atomic mass is 35.5. The van der Waals surface area contributed by atoms with Crippen molar-refractivity contribution in [2.75, 3.05) is 13.1 Å². The van der Waals surface area contributed by atoms with Crippen LogP contribution in [0.15, 0.2) is 35.1 Å². The Hall–Kier alpha value is -2.18. The number of aromatic nitrogens is 2. The Kier molecular flexibility index (Phi) is 6.86. The van der Waals surface area contributed by atoms with Gasteiger partial charge in [0.25, 0.3) is 5.91 Å². The molecule has 2 heterocycles. The van der Waals surface area contributed by atoms with Crippen molar-refractivity contribution in [1.82, 2.24) is 20.2 Å². The van der Waals surface area contributed by atoms with Gasteiger partial charge in [-0.05, 0) is 55.5 Å².